The number of carbonyl (C=O) groups excluding carboxylic acids is 1. The zero-order chi connectivity index (χ0) is 11.8. The molecule has 0 bridgehead atoms. The number of nitrogens with zero attached hydrogens (tertiary/aromatic N) is 1. The number of carbonyl (C=O) groups is 1. The van der Waals surface area contributed by atoms with Gasteiger partial charge in [0, 0.05) is 18.2 Å². The summed E-state index contributed by atoms with van der Waals surface area (Å²) in [6.45, 7) is 6.47. The van der Waals surface area contributed by atoms with Crippen molar-refractivity contribution in [3.05, 3.63) is 23.9 Å². The van der Waals surface area contributed by atoms with E-state index >= 15 is 0 Å². The molecule has 0 spiro atoms. The van der Waals surface area contributed by atoms with Gasteiger partial charge >= 0.3 is 6.09 Å². The normalized spacial score (nSPS) is 24.1. The van der Waals surface area contributed by atoms with E-state index in [0.717, 1.165) is 25.1 Å². The van der Waals surface area contributed by atoms with Crippen LogP contribution in [0.1, 0.15) is 33.6 Å². The lowest BCUT2D eigenvalue weighted by molar-refractivity contribution is 0.0336. The van der Waals surface area contributed by atoms with Gasteiger partial charge in [-0.15, -0.1) is 0 Å². The van der Waals surface area contributed by atoms with Crippen LogP contribution in [-0.4, -0.2) is 23.1 Å². The monoisotopic (exact) mass is 221 g/mol. The lowest BCUT2D eigenvalue weighted by Gasteiger charge is -2.26. The van der Waals surface area contributed by atoms with Crippen molar-refractivity contribution < 1.29 is 9.53 Å². The summed E-state index contributed by atoms with van der Waals surface area (Å²) >= 11 is 0. The maximum atomic E-state index is 12.0. The van der Waals surface area contributed by atoms with Crippen LogP contribution < -0.4 is 0 Å². The molecule has 1 atom stereocenters. The molecule has 1 aliphatic carbocycles. The maximum absolute atomic E-state index is 12.0. The van der Waals surface area contributed by atoms with Crippen LogP contribution in [-0.2, 0) is 4.74 Å². The quantitative estimate of drug-likeness (QED) is 0.629. The average molecular weight is 221 g/mol. The van der Waals surface area contributed by atoms with Crippen LogP contribution in [0.4, 0.5) is 4.79 Å². The van der Waals surface area contributed by atoms with E-state index in [9.17, 15) is 4.79 Å². The van der Waals surface area contributed by atoms with Crippen molar-refractivity contribution in [3.63, 3.8) is 0 Å². The van der Waals surface area contributed by atoms with Gasteiger partial charge < -0.3 is 4.74 Å². The molecule has 0 aromatic heterocycles. The summed E-state index contributed by atoms with van der Waals surface area (Å²) in [5.41, 5.74) is 0.706. The van der Waals surface area contributed by atoms with Gasteiger partial charge in [-0.25, -0.2) is 4.79 Å². The first-order valence-electron chi connectivity index (χ1n) is 5.84. The number of hydrogen-bond acceptors (Lipinski definition) is 2. The van der Waals surface area contributed by atoms with E-state index < -0.39 is 5.60 Å². The Labute approximate surface area is 96.8 Å². The number of fused-ring (bicyclic) bond motifs is 1. The maximum Gasteiger partial charge on any atom is 0.414 e. The first kappa shape index (κ1) is 11.2. The second-order valence-electron chi connectivity index (χ2n) is 5.37. The Morgan fingerprint density at radius 3 is 2.94 bits per heavy atom. The van der Waals surface area contributed by atoms with E-state index in [1.54, 1.807) is 4.90 Å². The Morgan fingerprint density at radius 1 is 1.50 bits per heavy atom. The molecule has 88 valence electrons. The fourth-order valence-electron chi connectivity index (χ4n) is 2.17. The number of allylic oxidation sites excluding steroid dienone is 4. The van der Waals surface area contributed by atoms with Crippen LogP contribution in [0.5, 0.6) is 0 Å². The van der Waals surface area contributed by atoms with Gasteiger partial charge in [-0.3, -0.25) is 4.90 Å². The van der Waals surface area contributed by atoms with Crippen molar-refractivity contribution >= 4 is 6.09 Å². The van der Waals surface area contributed by atoms with Gasteiger partial charge in [-0.1, -0.05) is 12.2 Å². The largest absolute Gasteiger partial charge is 0.443 e. The summed E-state index contributed by atoms with van der Waals surface area (Å²) in [4.78, 5) is 13.7. The first-order chi connectivity index (χ1) is 7.47. The van der Waals surface area contributed by atoms with Crippen LogP contribution in [0.25, 0.3) is 0 Å². The summed E-state index contributed by atoms with van der Waals surface area (Å²) in [5, 5.41) is 0. The van der Waals surface area contributed by atoms with E-state index in [4.69, 9.17) is 4.74 Å². The summed E-state index contributed by atoms with van der Waals surface area (Å²) in [6, 6.07) is 0. The molecule has 2 aliphatic rings. The highest BCUT2D eigenvalue weighted by molar-refractivity contribution is 5.71. The molecule has 0 radical (unpaired) electrons. The number of ether oxygens (including phenoxy) is 1. The molecule has 1 heterocycles. The highest BCUT2D eigenvalue weighted by Crippen LogP contribution is 2.34. The number of likely N-dealkylation sites (tertiary alicyclic amines) is 1. The predicted molar refractivity (Wildman–Crippen MR) is 62.9 cm³/mol. The number of amides is 1. The molecule has 1 unspecified atom stereocenters. The summed E-state index contributed by atoms with van der Waals surface area (Å²) < 4.78 is 5.39. The predicted octanol–water partition coefficient (Wildman–Crippen LogP) is 3.09. The molecule has 3 nitrogen and oxygen atoms in total. The van der Waals surface area contributed by atoms with Crippen LogP contribution in [0.2, 0.25) is 0 Å². The molecule has 3 heteroatoms. The second kappa shape index (κ2) is 3.96. The first-order valence-corrected chi connectivity index (χ1v) is 5.84. The fourth-order valence-corrected chi connectivity index (χ4v) is 2.17. The topological polar surface area (TPSA) is 29.5 Å². The average Bonchev–Trinajstić information content (AvgIpc) is 2.58. The molecule has 1 amide bonds. The molecule has 1 fully saturated rings. The Balaban J connectivity index is 2.08. The molecule has 1 saturated heterocycles. The lowest BCUT2D eigenvalue weighted by Crippen LogP contribution is -2.34. The third kappa shape index (κ3) is 2.29. The van der Waals surface area contributed by atoms with Gasteiger partial charge in [-0.05, 0) is 39.7 Å². The highest BCUT2D eigenvalue weighted by atomic mass is 16.6. The highest BCUT2D eigenvalue weighted by Gasteiger charge is 2.34. The molecule has 0 saturated carbocycles. The van der Waals surface area contributed by atoms with Crippen molar-refractivity contribution in [1.82, 2.24) is 4.90 Å². The molecule has 0 aromatic carbocycles. The third-order valence-corrected chi connectivity index (χ3v) is 2.87. The van der Waals surface area contributed by atoms with E-state index in [1.165, 1.54) is 0 Å². The lowest BCUT2D eigenvalue weighted by atomic mass is 9.97. The Morgan fingerprint density at radius 2 is 2.25 bits per heavy atom. The smallest absolute Gasteiger partial charge is 0.414 e. The molecule has 0 N–H and O–H groups in total. The van der Waals surface area contributed by atoms with Crippen molar-refractivity contribution in [3.8, 4) is 0 Å². The summed E-state index contributed by atoms with van der Waals surface area (Å²) in [7, 11) is 0. The van der Waals surface area contributed by atoms with E-state index in [0.29, 0.717) is 5.92 Å². The minimum Gasteiger partial charge on any atom is -0.443 e. The van der Waals surface area contributed by atoms with Crippen molar-refractivity contribution in [2.24, 2.45) is 5.92 Å². The molecule has 16 heavy (non-hydrogen) atoms. The minimum absolute atomic E-state index is 0.212. The van der Waals surface area contributed by atoms with Crippen LogP contribution in [0, 0.1) is 5.92 Å². The standard InChI is InChI=1S/C13H19NO2/c1-13(2,3)16-12(15)14-9-8-10-6-4-5-7-11(10)14/h4-5,7,10H,6,8-9H2,1-3H3. The van der Waals surface area contributed by atoms with Gasteiger partial charge in [0.05, 0.1) is 0 Å². The molecule has 2 rings (SSSR count). The van der Waals surface area contributed by atoms with Gasteiger partial charge in [0.1, 0.15) is 5.60 Å². The van der Waals surface area contributed by atoms with Crippen molar-refractivity contribution in [2.45, 2.75) is 39.2 Å². The SMILES string of the molecule is CC(C)(C)OC(=O)N1CCC2CC=CC=C21. The van der Waals surface area contributed by atoms with Gasteiger partial charge in [-0.2, -0.15) is 0 Å². The molecule has 1 aliphatic heterocycles. The zero-order valence-electron chi connectivity index (χ0n) is 10.2. The zero-order valence-corrected chi connectivity index (χ0v) is 10.2. The third-order valence-electron chi connectivity index (χ3n) is 2.87. The fraction of sp³-hybridized carbons (Fsp3) is 0.615. The molecular weight excluding hydrogens is 202 g/mol. The van der Waals surface area contributed by atoms with E-state index in [2.05, 4.69) is 6.08 Å². The van der Waals surface area contributed by atoms with E-state index in [1.807, 2.05) is 32.9 Å². The number of hydrogen-bond donors (Lipinski definition) is 0. The van der Waals surface area contributed by atoms with Gasteiger partial charge in [0.2, 0.25) is 0 Å². The number of rotatable bonds is 0. The van der Waals surface area contributed by atoms with Crippen molar-refractivity contribution in [1.29, 1.82) is 0 Å². The van der Waals surface area contributed by atoms with Gasteiger partial charge in [0.25, 0.3) is 0 Å². The van der Waals surface area contributed by atoms with Gasteiger partial charge in [0.15, 0.2) is 0 Å². The molecular formula is C13H19NO2. The van der Waals surface area contributed by atoms with Crippen LogP contribution in [0.3, 0.4) is 0 Å². The minimum atomic E-state index is -0.416. The van der Waals surface area contributed by atoms with Crippen LogP contribution in [0.15, 0.2) is 23.9 Å². The summed E-state index contributed by atoms with van der Waals surface area (Å²) in [5.74, 6) is 0.512. The Bertz CT molecular complexity index is 349. The second-order valence-corrected chi connectivity index (χ2v) is 5.37. The summed E-state index contributed by atoms with van der Waals surface area (Å²) in [6.07, 6.45) is 8.10. The molecule has 0 aromatic rings. The Kier molecular flexibility index (Phi) is 2.78. The van der Waals surface area contributed by atoms with Crippen LogP contribution >= 0.6 is 0 Å². The van der Waals surface area contributed by atoms with Crippen molar-refractivity contribution in [2.75, 3.05) is 6.54 Å². The Hall–Kier alpha value is -1.25. The van der Waals surface area contributed by atoms with E-state index in [-0.39, 0.29) is 6.09 Å².